The van der Waals surface area contributed by atoms with E-state index in [9.17, 15) is 4.79 Å². The fraction of sp³-hybridized carbons (Fsp3) is 0.389. The average Bonchev–Trinajstić information content (AvgIpc) is 2.94. The summed E-state index contributed by atoms with van der Waals surface area (Å²) in [6.45, 7) is 2.98. The van der Waals surface area contributed by atoms with Gasteiger partial charge in [0.2, 0.25) is 5.91 Å². The van der Waals surface area contributed by atoms with Gasteiger partial charge in [-0.05, 0) is 55.9 Å². The minimum absolute atomic E-state index is 0.0597. The van der Waals surface area contributed by atoms with E-state index in [-0.39, 0.29) is 11.9 Å². The zero-order valence-corrected chi connectivity index (χ0v) is 14.1. The maximum Gasteiger partial charge on any atom is 0.220 e. The van der Waals surface area contributed by atoms with E-state index in [2.05, 4.69) is 41.1 Å². The van der Waals surface area contributed by atoms with E-state index in [4.69, 9.17) is 0 Å². The van der Waals surface area contributed by atoms with Gasteiger partial charge in [-0.1, -0.05) is 30.3 Å². The number of rotatable bonds is 8. The molecule has 1 atom stereocenters. The number of thiophene rings is 1. The van der Waals surface area contributed by atoms with E-state index in [1.807, 2.05) is 25.2 Å². The van der Waals surface area contributed by atoms with Gasteiger partial charge in [-0.2, -0.15) is 0 Å². The zero-order valence-electron chi connectivity index (χ0n) is 13.3. The van der Waals surface area contributed by atoms with Crippen molar-refractivity contribution in [2.75, 3.05) is 13.6 Å². The van der Waals surface area contributed by atoms with E-state index in [0.717, 1.165) is 19.4 Å². The third-order valence-electron chi connectivity index (χ3n) is 3.67. The lowest BCUT2D eigenvalue weighted by atomic mass is 10.0. The number of amides is 1. The first-order chi connectivity index (χ1) is 10.7. The molecule has 1 unspecified atom stereocenters. The molecular weight excluding hydrogens is 292 g/mol. The first kappa shape index (κ1) is 16.7. The SMILES string of the molecule is CNCCCC(=O)NC(Cc1ccccc1)c1sccc1C. The summed E-state index contributed by atoms with van der Waals surface area (Å²) in [4.78, 5) is 13.4. The van der Waals surface area contributed by atoms with Crippen molar-refractivity contribution in [2.24, 2.45) is 0 Å². The Labute approximate surface area is 136 Å². The van der Waals surface area contributed by atoms with Crippen LogP contribution in [0.2, 0.25) is 0 Å². The maximum absolute atomic E-state index is 12.2. The van der Waals surface area contributed by atoms with E-state index >= 15 is 0 Å². The summed E-state index contributed by atoms with van der Waals surface area (Å²) in [6.07, 6.45) is 2.26. The lowest BCUT2D eigenvalue weighted by Gasteiger charge is -2.19. The first-order valence-corrected chi connectivity index (χ1v) is 8.60. The van der Waals surface area contributed by atoms with Crippen LogP contribution in [0.4, 0.5) is 0 Å². The Hall–Kier alpha value is -1.65. The Balaban J connectivity index is 2.05. The van der Waals surface area contributed by atoms with Crippen molar-refractivity contribution >= 4 is 17.2 Å². The molecule has 0 fully saturated rings. The second-order valence-corrected chi connectivity index (χ2v) is 6.43. The summed E-state index contributed by atoms with van der Waals surface area (Å²) in [5.41, 5.74) is 2.50. The molecule has 2 aromatic rings. The molecule has 0 aliphatic rings. The molecule has 4 heteroatoms. The van der Waals surface area contributed by atoms with Gasteiger partial charge in [0.05, 0.1) is 6.04 Å². The zero-order chi connectivity index (χ0) is 15.8. The Morgan fingerprint density at radius 3 is 2.64 bits per heavy atom. The molecule has 0 aliphatic carbocycles. The first-order valence-electron chi connectivity index (χ1n) is 7.72. The van der Waals surface area contributed by atoms with Crippen LogP contribution in [0.3, 0.4) is 0 Å². The fourth-order valence-corrected chi connectivity index (χ4v) is 3.47. The number of carbonyl (C=O) groups is 1. The molecule has 2 rings (SSSR count). The monoisotopic (exact) mass is 316 g/mol. The molecule has 1 heterocycles. The lowest BCUT2D eigenvalue weighted by molar-refractivity contribution is -0.121. The molecule has 0 spiro atoms. The second kappa shape index (κ2) is 8.71. The number of hydrogen-bond acceptors (Lipinski definition) is 3. The van der Waals surface area contributed by atoms with Crippen LogP contribution in [0.25, 0.3) is 0 Å². The summed E-state index contributed by atoms with van der Waals surface area (Å²) in [6, 6.07) is 12.5. The second-order valence-electron chi connectivity index (χ2n) is 5.48. The van der Waals surface area contributed by atoms with Gasteiger partial charge in [0.1, 0.15) is 0 Å². The van der Waals surface area contributed by atoms with Crippen molar-refractivity contribution in [1.29, 1.82) is 0 Å². The Morgan fingerprint density at radius 1 is 1.23 bits per heavy atom. The standard InChI is InChI=1S/C18H24N2OS/c1-14-10-12-22-18(14)16(13-15-7-4-3-5-8-15)20-17(21)9-6-11-19-2/h3-5,7-8,10,12,16,19H,6,9,11,13H2,1-2H3,(H,20,21). The highest BCUT2D eigenvalue weighted by molar-refractivity contribution is 7.10. The highest BCUT2D eigenvalue weighted by Gasteiger charge is 2.18. The summed E-state index contributed by atoms with van der Waals surface area (Å²) < 4.78 is 0. The third kappa shape index (κ3) is 4.97. The minimum atomic E-state index is 0.0597. The molecule has 0 aliphatic heterocycles. The molecule has 22 heavy (non-hydrogen) atoms. The van der Waals surface area contributed by atoms with Crippen molar-refractivity contribution in [2.45, 2.75) is 32.2 Å². The summed E-state index contributed by atoms with van der Waals surface area (Å²) >= 11 is 1.72. The number of hydrogen-bond donors (Lipinski definition) is 2. The van der Waals surface area contributed by atoms with Gasteiger partial charge in [-0.3, -0.25) is 4.79 Å². The van der Waals surface area contributed by atoms with Crippen LogP contribution >= 0.6 is 11.3 Å². The number of nitrogens with one attached hydrogen (secondary N) is 2. The van der Waals surface area contributed by atoms with Crippen LogP contribution in [0, 0.1) is 6.92 Å². The Bertz CT molecular complexity index is 580. The van der Waals surface area contributed by atoms with Crippen molar-refractivity contribution in [3.8, 4) is 0 Å². The fourth-order valence-electron chi connectivity index (χ4n) is 2.49. The smallest absolute Gasteiger partial charge is 0.220 e. The van der Waals surface area contributed by atoms with Crippen LogP contribution in [0.1, 0.15) is 34.9 Å². The molecular formula is C18H24N2OS. The third-order valence-corrected chi connectivity index (χ3v) is 4.80. The maximum atomic E-state index is 12.2. The van der Waals surface area contributed by atoms with Crippen LogP contribution < -0.4 is 10.6 Å². The quantitative estimate of drug-likeness (QED) is 0.732. The molecule has 0 saturated carbocycles. The highest BCUT2D eigenvalue weighted by atomic mass is 32.1. The summed E-state index contributed by atoms with van der Waals surface area (Å²) in [5.74, 6) is 0.129. The molecule has 1 aromatic carbocycles. The van der Waals surface area contributed by atoms with E-state index in [1.54, 1.807) is 11.3 Å². The molecule has 118 valence electrons. The van der Waals surface area contributed by atoms with Crippen molar-refractivity contribution in [1.82, 2.24) is 10.6 Å². The average molecular weight is 316 g/mol. The van der Waals surface area contributed by atoms with E-state index in [0.29, 0.717) is 6.42 Å². The summed E-state index contributed by atoms with van der Waals surface area (Å²) in [5, 5.41) is 8.38. The molecule has 0 bridgehead atoms. The largest absolute Gasteiger partial charge is 0.348 e. The van der Waals surface area contributed by atoms with Crippen molar-refractivity contribution < 1.29 is 4.79 Å². The van der Waals surface area contributed by atoms with E-state index in [1.165, 1.54) is 16.0 Å². The predicted molar refractivity (Wildman–Crippen MR) is 93.2 cm³/mol. The van der Waals surface area contributed by atoms with Crippen molar-refractivity contribution in [3.63, 3.8) is 0 Å². The molecule has 2 N–H and O–H groups in total. The van der Waals surface area contributed by atoms with Crippen molar-refractivity contribution in [3.05, 3.63) is 57.8 Å². The van der Waals surface area contributed by atoms with Gasteiger partial charge in [0.15, 0.2) is 0 Å². The lowest BCUT2D eigenvalue weighted by Crippen LogP contribution is -2.30. The van der Waals surface area contributed by atoms with Gasteiger partial charge in [-0.25, -0.2) is 0 Å². The number of benzene rings is 1. The van der Waals surface area contributed by atoms with Gasteiger partial charge in [0.25, 0.3) is 0 Å². The van der Waals surface area contributed by atoms with Crippen LogP contribution in [-0.4, -0.2) is 19.5 Å². The summed E-state index contributed by atoms with van der Waals surface area (Å²) in [7, 11) is 1.91. The Kier molecular flexibility index (Phi) is 6.62. The predicted octanol–water partition coefficient (Wildman–Crippen LogP) is 3.46. The van der Waals surface area contributed by atoms with Crippen LogP contribution in [-0.2, 0) is 11.2 Å². The van der Waals surface area contributed by atoms with Gasteiger partial charge in [0, 0.05) is 11.3 Å². The topological polar surface area (TPSA) is 41.1 Å². The number of aryl methyl sites for hydroxylation is 1. The molecule has 0 saturated heterocycles. The van der Waals surface area contributed by atoms with E-state index < -0.39 is 0 Å². The molecule has 1 amide bonds. The molecule has 0 radical (unpaired) electrons. The van der Waals surface area contributed by atoms with Crippen LogP contribution in [0.15, 0.2) is 41.8 Å². The Morgan fingerprint density at radius 2 is 2.00 bits per heavy atom. The van der Waals surface area contributed by atoms with Gasteiger partial charge < -0.3 is 10.6 Å². The van der Waals surface area contributed by atoms with Gasteiger partial charge in [-0.15, -0.1) is 11.3 Å². The molecule has 3 nitrogen and oxygen atoms in total. The minimum Gasteiger partial charge on any atom is -0.348 e. The van der Waals surface area contributed by atoms with Gasteiger partial charge >= 0.3 is 0 Å². The molecule has 1 aromatic heterocycles. The van der Waals surface area contributed by atoms with Crippen LogP contribution in [0.5, 0.6) is 0 Å². The number of carbonyl (C=O) groups excluding carboxylic acids is 1. The normalized spacial score (nSPS) is 12.1. The highest BCUT2D eigenvalue weighted by Crippen LogP contribution is 2.27.